The molecule has 0 aromatic carbocycles. The summed E-state index contributed by atoms with van der Waals surface area (Å²) in [5, 5.41) is 3.90. The van der Waals surface area contributed by atoms with Gasteiger partial charge in [-0.05, 0) is 50.9 Å². The first kappa shape index (κ1) is 11.7. The van der Waals surface area contributed by atoms with Crippen LogP contribution in [0.2, 0.25) is 0 Å². The lowest BCUT2D eigenvalue weighted by atomic mass is 9.88. The molecule has 0 aromatic heterocycles. The molecule has 3 heteroatoms. The minimum Gasteiger partial charge on any atom is -0.380 e. The zero-order chi connectivity index (χ0) is 12.2. The van der Waals surface area contributed by atoms with Crippen molar-refractivity contribution in [3.8, 4) is 0 Å². The first-order valence-corrected chi connectivity index (χ1v) is 7.85. The molecule has 3 unspecified atom stereocenters. The van der Waals surface area contributed by atoms with Gasteiger partial charge in [-0.3, -0.25) is 4.90 Å². The molecule has 102 valence electrons. The molecule has 4 rings (SSSR count). The number of piperazine rings is 1. The summed E-state index contributed by atoms with van der Waals surface area (Å²) < 4.78 is 5.64. The van der Waals surface area contributed by atoms with E-state index in [1.54, 1.807) is 0 Å². The zero-order valence-corrected chi connectivity index (χ0v) is 11.5. The third-order valence-corrected chi connectivity index (χ3v) is 5.67. The molecule has 0 radical (unpaired) electrons. The molecule has 3 atom stereocenters. The summed E-state index contributed by atoms with van der Waals surface area (Å²) in [5.74, 6) is 1.91. The maximum Gasteiger partial charge on any atom is 0.0622 e. The summed E-state index contributed by atoms with van der Waals surface area (Å²) in [7, 11) is 0. The van der Waals surface area contributed by atoms with Gasteiger partial charge in [0.05, 0.1) is 6.61 Å². The second-order valence-corrected chi connectivity index (χ2v) is 7.17. The van der Waals surface area contributed by atoms with E-state index >= 15 is 0 Å². The molecule has 1 N–H and O–H groups in total. The number of ether oxygens (including phenoxy) is 1. The normalized spacial score (nSPS) is 46.5. The Kier molecular flexibility index (Phi) is 2.72. The maximum absolute atomic E-state index is 5.64. The summed E-state index contributed by atoms with van der Waals surface area (Å²) in [6.45, 7) is 6.88. The Balaban J connectivity index is 1.52. The number of hydrogen-bond donors (Lipinski definition) is 1. The van der Waals surface area contributed by atoms with Crippen molar-refractivity contribution in [2.45, 2.75) is 56.7 Å². The number of nitrogens with one attached hydrogen (secondary N) is 1. The second kappa shape index (κ2) is 4.19. The third kappa shape index (κ3) is 2.00. The molecular weight excluding hydrogens is 224 g/mol. The highest BCUT2D eigenvalue weighted by Gasteiger charge is 2.50. The van der Waals surface area contributed by atoms with Gasteiger partial charge < -0.3 is 10.1 Å². The predicted octanol–water partition coefficient (Wildman–Crippen LogP) is 1.63. The van der Waals surface area contributed by atoms with Crippen LogP contribution >= 0.6 is 0 Å². The summed E-state index contributed by atoms with van der Waals surface area (Å²) >= 11 is 0. The van der Waals surface area contributed by atoms with Crippen LogP contribution in [0.25, 0.3) is 0 Å². The molecule has 4 fully saturated rings. The van der Waals surface area contributed by atoms with Gasteiger partial charge in [0.25, 0.3) is 0 Å². The van der Waals surface area contributed by atoms with Crippen LogP contribution in [0.5, 0.6) is 0 Å². The Bertz CT molecular complexity index is 320. The van der Waals surface area contributed by atoms with Crippen LogP contribution in [-0.2, 0) is 4.74 Å². The lowest BCUT2D eigenvalue weighted by Gasteiger charge is -2.49. The Morgan fingerprint density at radius 2 is 2.00 bits per heavy atom. The highest BCUT2D eigenvalue weighted by atomic mass is 16.5. The third-order valence-electron chi connectivity index (χ3n) is 5.67. The Labute approximate surface area is 110 Å². The van der Waals surface area contributed by atoms with Crippen molar-refractivity contribution >= 4 is 0 Å². The maximum atomic E-state index is 5.64. The minimum absolute atomic E-state index is 0.383. The molecule has 2 aliphatic heterocycles. The summed E-state index contributed by atoms with van der Waals surface area (Å²) in [6, 6.07) is 1.50. The smallest absolute Gasteiger partial charge is 0.0622 e. The van der Waals surface area contributed by atoms with Crippen molar-refractivity contribution in [3.63, 3.8) is 0 Å². The van der Waals surface area contributed by atoms with Gasteiger partial charge in [-0.15, -0.1) is 0 Å². The second-order valence-electron chi connectivity index (χ2n) is 7.17. The van der Waals surface area contributed by atoms with Crippen molar-refractivity contribution in [2.75, 3.05) is 26.3 Å². The van der Waals surface area contributed by atoms with E-state index < -0.39 is 0 Å². The minimum atomic E-state index is 0.383. The lowest BCUT2D eigenvalue weighted by molar-refractivity contribution is 0.0240. The number of nitrogens with zero attached hydrogens (tertiary/aromatic N) is 1. The monoisotopic (exact) mass is 250 g/mol. The summed E-state index contributed by atoms with van der Waals surface area (Å²) in [6.07, 6.45) is 7.04. The Hall–Kier alpha value is -0.120. The summed E-state index contributed by atoms with van der Waals surface area (Å²) in [5.41, 5.74) is 0.383. The van der Waals surface area contributed by atoms with Crippen molar-refractivity contribution < 1.29 is 4.74 Å². The number of rotatable bonds is 3. The van der Waals surface area contributed by atoms with Gasteiger partial charge >= 0.3 is 0 Å². The quantitative estimate of drug-likeness (QED) is 0.824. The molecule has 0 amide bonds. The van der Waals surface area contributed by atoms with E-state index in [0.29, 0.717) is 11.6 Å². The van der Waals surface area contributed by atoms with Gasteiger partial charge in [-0.2, -0.15) is 0 Å². The van der Waals surface area contributed by atoms with Gasteiger partial charge in [0.2, 0.25) is 0 Å². The molecule has 2 saturated heterocycles. The zero-order valence-electron chi connectivity index (χ0n) is 11.5. The molecule has 3 nitrogen and oxygen atoms in total. The van der Waals surface area contributed by atoms with Gasteiger partial charge in [0.15, 0.2) is 0 Å². The largest absolute Gasteiger partial charge is 0.380 e. The van der Waals surface area contributed by atoms with E-state index in [9.17, 15) is 0 Å². The molecule has 0 bridgehead atoms. The van der Waals surface area contributed by atoms with Crippen molar-refractivity contribution in [1.82, 2.24) is 10.2 Å². The van der Waals surface area contributed by atoms with Crippen molar-refractivity contribution in [2.24, 2.45) is 11.8 Å². The SMILES string of the molecule is CC1(C2CC2)CN(C2CCOC2)C(C2CC2)CN1. The van der Waals surface area contributed by atoms with E-state index in [0.717, 1.165) is 31.1 Å². The molecule has 0 aromatic rings. The van der Waals surface area contributed by atoms with Crippen LogP contribution in [0.4, 0.5) is 0 Å². The van der Waals surface area contributed by atoms with E-state index in [4.69, 9.17) is 4.74 Å². The summed E-state index contributed by atoms with van der Waals surface area (Å²) in [4.78, 5) is 2.83. The fourth-order valence-corrected chi connectivity index (χ4v) is 4.10. The van der Waals surface area contributed by atoms with Crippen LogP contribution in [-0.4, -0.2) is 48.8 Å². The van der Waals surface area contributed by atoms with E-state index in [-0.39, 0.29) is 0 Å². The first-order valence-electron chi connectivity index (χ1n) is 7.85. The molecule has 4 aliphatic rings. The van der Waals surface area contributed by atoms with Crippen LogP contribution in [0.15, 0.2) is 0 Å². The standard InChI is InChI=1S/C15H26N2O/c1-15(12-4-5-12)10-17(13-6-7-18-9-13)14(8-16-15)11-2-3-11/h11-14,16H,2-10H2,1H3. The average Bonchev–Trinajstić information content (AvgIpc) is 3.28. The van der Waals surface area contributed by atoms with E-state index in [1.165, 1.54) is 45.2 Å². The first-order chi connectivity index (χ1) is 8.76. The highest BCUT2D eigenvalue weighted by Crippen LogP contribution is 2.45. The van der Waals surface area contributed by atoms with Gasteiger partial charge in [0, 0.05) is 37.3 Å². The van der Waals surface area contributed by atoms with Crippen LogP contribution < -0.4 is 5.32 Å². The van der Waals surface area contributed by atoms with Gasteiger partial charge in [-0.25, -0.2) is 0 Å². The van der Waals surface area contributed by atoms with E-state index in [1.807, 2.05) is 0 Å². The molecule has 2 saturated carbocycles. The van der Waals surface area contributed by atoms with Crippen LogP contribution in [0.1, 0.15) is 39.0 Å². The van der Waals surface area contributed by atoms with Crippen LogP contribution in [0, 0.1) is 11.8 Å². The molecular formula is C15H26N2O. The Morgan fingerprint density at radius 3 is 2.61 bits per heavy atom. The lowest BCUT2D eigenvalue weighted by Crippen LogP contribution is -2.66. The fourth-order valence-electron chi connectivity index (χ4n) is 4.10. The van der Waals surface area contributed by atoms with Gasteiger partial charge in [-0.1, -0.05) is 0 Å². The molecule has 2 heterocycles. The molecule has 2 aliphatic carbocycles. The fraction of sp³-hybridized carbons (Fsp3) is 1.00. The topological polar surface area (TPSA) is 24.5 Å². The van der Waals surface area contributed by atoms with Crippen molar-refractivity contribution in [1.29, 1.82) is 0 Å². The van der Waals surface area contributed by atoms with Crippen LogP contribution in [0.3, 0.4) is 0 Å². The molecule has 0 spiro atoms. The average molecular weight is 250 g/mol. The van der Waals surface area contributed by atoms with E-state index in [2.05, 4.69) is 17.1 Å². The Morgan fingerprint density at radius 1 is 1.17 bits per heavy atom. The molecule has 18 heavy (non-hydrogen) atoms. The van der Waals surface area contributed by atoms with Gasteiger partial charge in [0.1, 0.15) is 0 Å². The van der Waals surface area contributed by atoms with Crippen molar-refractivity contribution in [3.05, 3.63) is 0 Å². The highest BCUT2D eigenvalue weighted by molar-refractivity contribution is 5.07. The number of hydrogen-bond acceptors (Lipinski definition) is 3. The predicted molar refractivity (Wildman–Crippen MR) is 71.6 cm³/mol.